The number of alkyl carbamates (subject to hydrolysis) is 1. The Kier molecular flexibility index (Phi) is 6.76. The van der Waals surface area contributed by atoms with Crippen molar-refractivity contribution in [1.82, 2.24) is 10.2 Å². The van der Waals surface area contributed by atoms with Crippen LogP contribution in [0.3, 0.4) is 0 Å². The third-order valence-electron chi connectivity index (χ3n) is 3.06. The largest absolute Gasteiger partial charge is 0.444 e. The van der Waals surface area contributed by atoms with Crippen LogP contribution in [0.15, 0.2) is 0 Å². The van der Waals surface area contributed by atoms with E-state index < -0.39 is 5.60 Å². The summed E-state index contributed by atoms with van der Waals surface area (Å²) in [6, 6.07) is 0. The Morgan fingerprint density at radius 3 is 2.40 bits per heavy atom. The maximum absolute atomic E-state index is 11.4. The molecule has 0 saturated carbocycles. The van der Waals surface area contributed by atoms with Crippen molar-refractivity contribution in [2.75, 3.05) is 26.2 Å². The van der Waals surface area contributed by atoms with Crippen LogP contribution < -0.4 is 5.32 Å². The molecule has 0 radical (unpaired) electrons. The Hall–Kier alpha value is -0.810. The Labute approximate surface area is 123 Å². The van der Waals surface area contributed by atoms with Gasteiger partial charge in [0.15, 0.2) is 0 Å². The summed E-state index contributed by atoms with van der Waals surface area (Å²) in [5.74, 6) is 0. The number of amides is 1. The molecule has 0 aromatic heterocycles. The van der Waals surface area contributed by atoms with Crippen molar-refractivity contribution >= 4 is 6.09 Å². The lowest BCUT2D eigenvalue weighted by molar-refractivity contribution is -0.0681. The summed E-state index contributed by atoms with van der Waals surface area (Å²) in [5.41, 5.74) is -0.426. The minimum atomic E-state index is -0.426. The number of unbranched alkanes of at least 4 members (excludes halogenated alkanes) is 1. The number of morpholine rings is 1. The highest BCUT2D eigenvalue weighted by atomic mass is 16.6. The second-order valence-corrected chi connectivity index (χ2v) is 6.65. The highest BCUT2D eigenvalue weighted by Gasteiger charge is 2.21. The van der Waals surface area contributed by atoms with Crippen LogP contribution in [-0.4, -0.2) is 55.0 Å². The Bertz CT molecular complexity index is 292. The van der Waals surface area contributed by atoms with Gasteiger partial charge in [0.25, 0.3) is 0 Å². The van der Waals surface area contributed by atoms with Crippen molar-refractivity contribution in [3.05, 3.63) is 0 Å². The zero-order chi connectivity index (χ0) is 15.2. The van der Waals surface area contributed by atoms with Crippen LogP contribution in [0.1, 0.15) is 47.5 Å². The van der Waals surface area contributed by atoms with E-state index in [2.05, 4.69) is 24.1 Å². The van der Waals surface area contributed by atoms with Crippen LogP contribution in [0.2, 0.25) is 0 Å². The number of hydrogen-bond acceptors (Lipinski definition) is 4. The van der Waals surface area contributed by atoms with E-state index in [1.54, 1.807) is 0 Å². The molecule has 0 spiro atoms. The van der Waals surface area contributed by atoms with E-state index in [9.17, 15) is 4.79 Å². The Morgan fingerprint density at radius 2 is 1.85 bits per heavy atom. The molecule has 1 fully saturated rings. The molecule has 0 aromatic rings. The molecule has 0 unspecified atom stereocenters. The quantitative estimate of drug-likeness (QED) is 0.789. The molecule has 5 nitrogen and oxygen atoms in total. The van der Waals surface area contributed by atoms with Gasteiger partial charge >= 0.3 is 6.09 Å². The van der Waals surface area contributed by atoms with Crippen molar-refractivity contribution in [1.29, 1.82) is 0 Å². The molecule has 0 aromatic carbocycles. The fourth-order valence-corrected chi connectivity index (χ4v) is 2.43. The predicted octanol–water partition coefficient (Wildman–Crippen LogP) is 2.40. The minimum absolute atomic E-state index is 0.318. The maximum atomic E-state index is 11.4. The van der Waals surface area contributed by atoms with Gasteiger partial charge in [-0.2, -0.15) is 0 Å². The summed E-state index contributed by atoms with van der Waals surface area (Å²) in [5, 5.41) is 2.79. The van der Waals surface area contributed by atoms with Gasteiger partial charge in [-0.05, 0) is 54.0 Å². The van der Waals surface area contributed by atoms with Crippen LogP contribution >= 0.6 is 0 Å². The number of carbonyl (C=O) groups is 1. The zero-order valence-corrected chi connectivity index (χ0v) is 13.6. The first kappa shape index (κ1) is 17.2. The summed E-state index contributed by atoms with van der Waals surface area (Å²) in [7, 11) is 0. The maximum Gasteiger partial charge on any atom is 0.407 e. The third kappa shape index (κ3) is 7.70. The van der Waals surface area contributed by atoms with Gasteiger partial charge in [-0.15, -0.1) is 0 Å². The van der Waals surface area contributed by atoms with E-state index >= 15 is 0 Å². The number of nitrogens with zero attached hydrogens (tertiary/aromatic N) is 1. The number of carbonyl (C=O) groups excluding carboxylic acids is 1. The molecule has 1 heterocycles. The lowest BCUT2D eigenvalue weighted by Gasteiger charge is -2.35. The molecule has 5 heteroatoms. The van der Waals surface area contributed by atoms with E-state index in [4.69, 9.17) is 9.47 Å². The van der Waals surface area contributed by atoms with E-state index in [1.807, 2.05) is 20.8 Å². The summed E-state index contributed by atoms with van der Waals surface area (Å²) in [4.78, 5) is 13.9. The summed E-state index contributed by atoms with van der Waals surface area (Å²) in [6.07, 6.45) is 2.36. The van der Waals surface area contributed by atoms with Crippen molar-refractivity contribution < 1.29 is 14.3 Å². The molecule has 1 aliphatic heterocycles. The van der Waals surface area contributed by atoms with Crippen LogP contribution in [0, 0.1) is 0 Å². The molecule has 1 saturated heterocycles. The normalized spacial score (nSPS) is 24.4. The fourth-order valence-electron chi connectivity index (χ4n) is 2.43. The number of rotatable bonds is 5. The van der Waals surface area contributed by atoms with Crippen molar-refractivity contribution in [3.63, 3.8) is 0 Å². The van der Waals surface area contributed by atoms with Crippen LogP contribution in [0.4, 0.5) is 4.79 Å². The number of nitrogens with one attached hydrogen (secondary N) is 1. The van der Waals surface area contributed by atoms with E-state index in [1.165, 1.54) is 0 Å². The summed E-state index contributed by atoms with van der Waals surface area (Å²) in [6.45, 7) is 13.6. The van der Waals surface area contributed by atoms with Gasteiger partial charge in [-0.25, -0.2) is 4.79 Å². The van der Waals surface area contributed by atoms with E-state index in [0.717, 1.165) is 32.5 Å². The third-order valence-corrected chi connectivity index (χ3v) is 3.06. The van der Waals surface area contributed by atoms with Crippen LogP contribution in [0.25, 0.3) is 0 Å². The monoisotopic (exact) mass is 286 g/mol. The molecule has 1 N–H and O–H groups in total. The van der Waals surface area contributed by atoms with Gasteiger partial charge in [-0.3, -0.25) is 4.90 Å². The second kappa shape index (κ2) is 7.84. The minimum Gasteiger partial charge on any atom is -0.444 e. The topological polar surface area (TPSA) is 50.8 Å². The van der Waals surface area contributed by atoms with Gasteiger partial charge in [0.2, 0.25) is 0 Å². The summed E-state index contributed by atoms with van der Waals surface area (Å²) < 4.78 is 10.9. The average molecular weight is 286 g/mol. The molecular weight excluding hydrogens is 256 g/mol. The lowest BCUT2D eigenvalue weighted by Crippen LogP contribution is -2.45. The Balaban J connectivity index is 2.06. The average Bonchev–Trinajstić information content (AvgIpc) is 2.24. The van der Waals surface area contributed by atoms with Gasteiger partial charge in [0.05, 0.1) is 12.2 Å². The lowest BCUT2D eigenvalue weighted by atomic mass is 10.2. The van der Waals surface area contributed by atoms with Gasteiger partial charge in [0.1, 0.15) is 5.60 Å². The zero-order valence-electron chi connectivity index (χ0n) is 13.6. The van der Waals surface area contributed by atoms with E-state index in [0.29, 0.717) is 18.8 Å². The Morgan fingerprint density at radius 1 is 1.25 bits per heavy atom. The molecule has 0 aliphatic carbocycles. The molecule has 2 atom stereocenters. The standard InChI is InChI=1S/C15H30N2O3/c1-12-10-17(11-13(2)19-12)9-7-6-8-16-14(18)20-15(3,4)5/h12-13H,6-11H2,1-5H3,(H,16,18)/t12-,13+. The molecular formula is C15H30N2O3. The first-order valence-corrected chi connectivity index (χ1v) is 7.61. The van der Waals surface area contributed by atoms with Crippen LogP contribution in [0.5, 0.6) is 0 Å². The highest BCUT2D eigenvalue weighted by Crippen LogP contribution is 2.11. The van der Waals surface area contributed by atoms with Crippen molar-refractivity contribution in [2.24, 2.45) is 0 Å². The van der Waals surface area contributed by atoms with Crippen LogP contribution in [-0.2, 0) is 9.47 Å². The second-order valence-electron chi connectivity index (χ2n) is 6.65. The number of ether oxygens (including phenoxy) is 2. The molecule has 1 amide bonds. The molecule has 1 aliphatic rings. The first-order chi connectivity index (χ1) is 9.26. The van der Waals surface area contributed by atoms with E-state index in [-0.39, 0.29) is 6.09 Å². The predicted molar refractivity (Wildman–Crippen MR) is 79.9 cm³/mol. The number of hydrogen-bond donors (Lipinski definition) is 1. The van der Waals surface area contributed by atoms with Crippen molar-refractivity contribution in [2.45, 2.75) is 65.3 Å². The van der Waals surface area contributed by atoms with Gasteiger partial charge < -0.3 is 14.8 Å². The molecule has 20 heavy (non-hydrogen) atoms. The molecule has 118 valence electrons. The van der Waals surface area contributed by atoms with Gasteiger partial charge in [0, 0.05) is 19.6 Å². The molecule has 1 rings (SSSR count). The SMILES string of the molecule is C[C@@H]1CN(CCCCNC(=O)OC(C)(C)C)C[C@H](C)O1. The highest BCUT2D eigenvalue weighted by molar-refractivity contribution is 5.67. The first-order valence-electron chi connectivity index (χ1n) is 7.61. The van der Waals surface area contributed by atoms with Crippen molar-refractivity contribution in [3.8, 4) is 0 Å². The molecule has 0 bridgehead atoms. The summed E-state index contributed by atoms with van der Waals surface area (Å²) >= 11 is 0. The van der Waals surface area contributed by atoms with Gasteiger partial charge in [-0.1, -0.05) is 0 Å². The smallest absolute Gasteiger partial charge is 0.407 e. The fraction of sp³-hybridized carbons (Fsp3) is 0.933.